The van der Waals surface area contributed by atoms with Crippen LogP contribution in [0, 0.1) is 0 Å². The molecular weight excluding hydrogens is 322 g/mol. The zero-order chi connectivity index (χ0) is 18.7. The van der Waals surface area contributed by atoms with Crippen LogP contribution in [-0.2, 0) is 30.3 Å². The maximum atomic E-state index is 11.7. The summed E-state index contributed by atoms with van der Waals surface area (Å²) in [7, 11) is 0. The molecule has 1 aromatic rings. The van der Waals surface area contributed by atoms with Gasteiger partial charge >= 0.3 is 11.9 Å². The highest BCUT2D eigenvalue weighted by atomic mass is 16.5. The molecule has 6 nitrogen and oxygen atoms in total. The standard InChI is InChI=1S/C19H27NO5/c1-15(21)20-19(14-25-17(3)23,12-13-24-16(2)22)11-7-10-18-8-5-4-6-9-18/h4-6,8-9H,7,10-14H2,1-3H3,(H,20,21). The van der Waals surface area contributed by atoms with Crippen molar-refractivity contribution in [2.24, 2.45) is 0 Å². The molecule has 0 aliphatic rings. The third-order valence-electron chi connectivity index (χ3n) is 3.84. The largest absolute Gasteiger partial charge is 0.466 e. The summed E-state index contributed by atoms with van der Waals surface area (Å²) in [6.45, 7) is 4.29. The lowest BCUT2D eigenvalue weighted by molar-refractivity contribution is -0.147. The SMILES string of the molecule is CC(=O)NC(CCCc1ccccc1)(CCOC(C)=O)COC(C)=O. The van der Waals surface area contributed by atoms with Crippen molar-refractivity contribution in [3.8, 4) is 0 Å². The molecule has 1 aromatic carbocycles. The molecule has 6 heteroatoms. The minimum atomic E-state index is -0.748. The zero-order valence-electron chi connectivity index (χ0n) is 15.2. The van der Waals surface area contributed by atoms with Gasteiger partial charge in [0.25, 0.3) is 0 Å². The van der Waals surface area contributed by atoms with Crippen LogP contribution in [0.25, 0.3) is 0 Å². The van der Waals surface area contributed by atoms with E-state index in [1.165, 1.54) is 26.3 Å². The number of rotatable bonds is 10. The maximum absolute atomic E-state index is 11.7. The Labute approximate surface area is 148 Å². The molecule has 0 saturated heterocycles. The maximum Gasteiger partial charge on any atom is 0.302 e. The Bertz CT molecular complexity index is 572. The number of amides is 1. The van der Waals surface area contributed by atoms with Gasteiger partial charge in [-0.15, -0.1) is 0 Å². The minimum Gasteiger partial charge on any atom is -0.466 e. The molecule has 0 aromatic heterocycles. The van der Waals surface area contributed by atoms with Gasteiger partial charge in [-0.25, -0.2) is 0 Å². The highest BCUT2D eigenvalue weighted by molar-refractivity contribution is 5.74. The van der Waals surface area contributed by atoms with E-state index < -0.39 is 11.5 Å². The average molecular weight is 349 g/mol. The molecule has 0 heterocycles. The summed E-state index contributed by atoms with van der Waals surface area (Å²) in [5.74, 6) is -1.01. The van der Waals surface area contributed by atoms with Crippen molar-refractivity contribution < 1.29 is 23.9 Å². The molecule has 138 valence electrons. The second-order valence-electron chi connectivity index (χ2n) is 6.17. The first-order valence-electron chi connectivity index (χ1n) is 8.42. The highest BCUT2D eigenvalue weighted by Crippen LogP contribution is 2.21. The van der Waals surface area contributed by atoms with Crippen molar-refractivity contribution in [2.75, 3.05) is 13.2 Å². The molecule has 0 spiro atoms. The summed E-state index contributed by atoms with van der Waals surface area (Å²) in [6.07, 6.45) is 2.63. The molecule has 0 radical (unpaired) electrons. The fourth-order valence-corrected chi connectivity index (χ4v) is 2.71. The van der Waals surface area contributed by atoms with E-state index in [-0.39, 0.29) is 25.1 Å². The van der Waals surface area contributed by atoms with Gasteiger partial charge in [-0.1, -0.05) is 30.3 Å². The van der Waals surface area contributed by atoms with E-state index in [0.717, 1.165) is 12.8 Å². The van der Waals surface area contributed by atoms with Gasteiger partial charge < -0.3 is 14.8 Å². The average Bonchev–Trinajstić information content (AvgIpc) is 2.53. The number of hydrogen-bond donors (Lipinski definition) is 1. The van der Waals surface area contributed by atoms with Gasteiger partial charge in [0, 0.05) is 27.2 Å². The van der Waals surface area contributed by atoms with E-state index in [9.17, 15) is 14.4 Å². The number of ether oxygens (including phenoxy) is 2. The monoisotopic (exact) mass is 349 g/mol. The van der Waals surface area contributed by atoms with E-state index in [1.807, 2.05) is 30.3 Å². The van der Waals surface area contributed by atoms with Crippen molar-refractivity contribution in [2.45, 2.75) is 52.0 Å². The Morgan fingerprint density at radius 3 is 2.16 bits per heavy atom. The molecule has 0 saturated carbocycles. The number of nitrogens with one attached hydrogen (secondary N) is 1. The zero-order valence-corrected chi connectivity index (χ0v) is 15.2. The fraction of sp³-hybridized carbons (Fsp3) is 0.526. The van der Waals surface area contributed by atoms with Gasteiger partial charge in [0.2, 0.25) is 5.91 Å². The molecular formula is C19H27NO5. The van der Waals surface area contributed by atoms with E-state index in [1.54, 1.807) is 0 Å². The molecule has 1 amide bonds. The molecule has 0 bridgehead atoms. The first kappa shape index (κ1) is 20.7. The van der Waals surface area contributed by atoms with Crippen LogP contribution in [0.15, 0.2) is 30.3 Å². The van der Waals surface area contributed by atoms with Gasteiger partial charge in [-0.05, 0) is 24.8 Å². The highest BCUT2D eigenvalue weighted by Gasteiger charge is 2.32. The Morgan fingerprint density at radius 2 is 1.60 bits per heavy atom. The number of esters is 2. The van der Waals surface area contributed by atoms with E-state index in [4.69, 9.17) is 9.47 Å². The molecule has 0 fully saturated rings. The minimum absolute atomic E-state index is 0.0535. The quantitative estimate of drug-likeness (QED) is 0.656. The molecule has 1 N–H and O–H groups in total. The first-order chi connectivity index (χ1) is 11.8. The first-order valence-corrected chi connectivity index (χ1v) is 8.42. The van der Waals surface area contributed by atoms with Crippen molar-refractivity contribution in [3.63, 3.8) is 0 Å². The molecule has 1 unspecified atom stereocenters. The van der Waals surface area contributed by atoms with Crippen molar-refractivity contribution in [1.29, 1.82) is 0 Å². The molecule has 0 aliphatic carbocycles. The van der Waals surface area contributed by atoms with Crippen LogP contribution in [0.2, 0.25) is 0 Å². The van der Waals surface area contributed by atoms with Crippen LogP contribution in [-0.4, -0.2) is 36.6 Å². The Kier molecular flexibility index (Phi) is 8.67. The van der Waals surface area contributed by atoms with Gasteiger partial charge in [0.1, 0.15) is 6.61 Å². The van der Waals surface area contributed by atoms with Crippen LogP contribution < -0.4 is 5.32 Å². The summed E-state index contributed by atoms with van der Waals surface area (Å²) in [5.41, 5.74) is 0.452. The second-order valence-corrected chi connectivity index (χ2v) is 6.17. The van der Waals surface area contributed by atoms with Crippen LogP contribution >= 0.6 is 0 Å². The van der Waals surface area contributed by atoms with E-state index >= 15 is 0 Å². The number of hydrogen-bond acceptors (Lipinski definition) is 5. The second kappa shape index (κ2) is 10.5. The van der Waals surface area contributed by atoms with E-state index in [2.05, 4.69) is 5.32 Å². The summed E-state index contributed by atoms with van der Waals surface area (Å²) in [5, 5.41) is 2.90. The number of aryl methyl sites for hydroxylation is 1. The summed E-state index contributed by atoms with van der Waals surface area (Å²) in [4.78, 5) is 33.9. The van der Waals surface area contributed by atoms with Crippen LogP contribution in [0.4, 0.5) is 0 Å². The van der Waals surface area contributed by atoms with Crippen LogP contribution in [0.5, 0.6) is 0 Å². The third-order valence-corrected chi connectivity index (χ3v) is 3.84. The van der Waals surface area contributed by atoms with Gasteiger partial charge in [0.05, 0.1) is 12.1 Å². The predicted octanol–water partition coefficient (Wildman–Crippen LogP) is 2.40. The normalized spacial score (nSPS) is 12.8. The molecule has 0 aliphatic heterocycles. The third kappa shape index (κ3) is 8.88. The Balaban J connectivity index is 2.77. The van der Waals surface area contributed by atoms with Crippen molar-refractivity contribution in [1.82, 2.24) is 5.32 Å². The lowest BCUT2D eigenvalue weighted by atomic mass is 9.88. The topological polar surface area (TPSA) is 81.7 Å². The summed E-state index contributed by atoms with van der Waals surface area (Å²) in [6, 6.07) is 10.0. The number of benzene rings is 1. The smallest absolute Gasteiger partial charge is 0.302 e. The van der Waals surface area contributed by atoms with Gasteiger partial charge in [-0.3, -0.25) is 14.4 Å². The predicted molar refractivity (Wildman–Crippen MR) is 93.8 cm³/mol. The van der Waals surface area contributed by atoms with E-state index in [0.29, 0.717) is 12.8 Å². The van der Waals surface area contributed by atoms with Crippen LogP contribution in [0.3, 0.4) is 0 Å². The van der Waals surface area contributed by atoms with Gasteiger partial charge in [-0.2, -0.15) is 0 Å². The Morgan fingerprint density at radius 1 is 0.960 bits per heavy atom. The number of carbonyl (C=O) groups is 3. The number of carbonyl (C=O) groups excluding carboxylic acids is 3. The fourth-order valence-electron chi connectivity index (χ4n) is 2.71. The van der Waals surface area contributed by atoms with Crippen molar-refractivity contribution in [3.05, 3.63) is 35.9 Å². The van der Waals surface area contributed by atoms with Crippen molar-refractivity contribution >= 4 is 17.8 Å². The van der Waals surface area contributed by atoms with Gasteiger partial charge in [0.15, 0.2) is 0 Å². The lowest BCUT2D eigenvalue weighted by Gasteiger charge is -2.34. The summed E-state index contributed by atoms with van der Waals surface area (Å²) < 4.78 is 10.2. The molecule has 1 atom stereocenters. The summed E-state index contributed by atoms with van der Waals surface area (Å²) >= 11 is 0. The lowest BCUT2D eigenvalue weighted by Crippen LogP contribution is -2.52. The Hall–Kier alpha value is -2.37. The van der Waals surface area contributed by atoms with Crippen LogP contribution in [0.1, 0.15) is 45.6 Å². The molecule has 25 heavy (non-hydrogen) atoms. The molecule has 1 rings (SSSR count).